The highest BCUT2D eigenvalue weighted by molar-refractivity contribution is 5.30. The van der Waals surface area contributed by atoms with E-state index in [1.807, 2.05) is 24.3 Å². The topological polar surface area (TPSA) is 50.7 Å². The molecule has 0 aromatic heterocycles. The van der Waals surface area contributed by atoms with Gasteiger partial charge in [-0.25, -0.2) is 0 Å². The smallest absolute Gasteiger partial charge is 0.120 e. The average molecular weight is 315 g/mol. The van der Waals surface area contributed by atoms with Crippen LogP contribution in [0.2, 0.25) is 0 Å². The molecule has 0 fully saturated rings. The summed E-state index contributed by atoms with van der Waals surface area (Å²) in [6.07, 6.45) is 0. The second-order valence-electron chi connectivity index (χ2n) is 5.38. The van der Waals surface area contributed by atoms with E-state index in [2.05, 4.69) is 36.5 Å². The van der Waals surface area contributed by atoms with Crippen LogP contribution >= 0.6 is 0 Å². The largest absolute Gasteiger partial charge is 0.489 e. The third kappa shape index (κ3) is 6.40. The maximum Gasteiger partial charge on any atom is 0.120 e. The van der Waals surface area contributed by atoms with Gasteiger partial charge < -0.3 is 19.9 Å². The highest BCUT2D eigenvalue weighted by Crippen LogP contribution is 2.16. The first-order valence-corrected chi connectivity index (χ1v) is 7.95. The van der Waals surface area contributed by atoms with Crippen LogP contribution in [-0.4, -0.2) is 31.5 Å². The molecule has 0 amide bonds. The molecule has 0 saturated carbocycles. The Kier molecular flexibility index (Phi) is 7.60. The molecule has 0 spiro atoms. The summed E-state index contributed by atoms with van der Waals surface area (Å²) in [5, 5.41) is 11.9. The predicted octanol–water partition coefficient (Wildman–Crippen LogP) is 2.67. The van der Waals surface area contributed by atoms with Crippen molar-refractivity contribution in [3.05, 3.63) is 65.2 Å². The third-order valence-corrected chi connectivity index (χ3v) is 3.54. The van der Waals surface area contributed by atoms with E-state index >= 15 is 0 Å². The summed E-state index contributed by atoms with van der Waals surface area (Å²) in [6, 6.07) is 16.4. The molecule has 4 heteroatoms. The molecule has 0 unspecified atom stereocenters. The lowest BCUT2D eigenvalue weighted by molar-refractivity contribution is 0.0938. The first kappa shape index (κ1) is 17.5. The fourth-order valence-corrected chi connectivity index (χ4v) is 2.22. The van der Waals surface area contributed by atoms with Gasteiger partial charge in [-0.15, -0.1) is 0 Å². The van der Waals surface area contributed by atoms with E-state index in [4.69, 9.17) is 14.6 Å². The van der Waals surface area contributed by atoms with Gasteiger partial charge in [-0.3, -0.25) is 0 Å². The van der Waals surface area contributed by atoms with Gasteiger partial charge in [0.2, 0.25) is 0 Å². The number of rotatable bonds is 10. The van der Waals surface area contributed by atoms with Gasteiger partial charge in [-0.1, -0.05) is 36.4 Å². The Balaban J connectivity index is 1.77. The van der Waals surface area contributed by atoms with Crippen LogP contribution in [0.1, 0.15) is 16.7 Å². The van der Waals surface area contributed by atoms with Crippen molar-refractivity contribution in [2.45, 2.75) is 20.1 Å². The summed E-state index contributed by atoms with van der Waals surface area (Å²) >= 11 is 0. The van der Waals surface area contributed by atoms with Gasteiger partial charge in [0, 0.05) is 13.1 Å². The molecule has 23 heavy (non-hydrogen) atoms. The van der Waals surface area contributed by atoms with Gasteiger partial charge in [0.05, 0.1) is 19.8 Å². The van der Waals surface area contributed by atoms with Gasteiger partial charge >= 0.3 is 0 Å². The quantitative estimate of drug-likeness (QED) is 0.662. The number of aliphatic hydroxyl groups is 1. The number of nitrogens with one attached hydrogen (secondary N) is 1. The molecule has 0 aliphatic heterocycles. The van der Waals surface area contributed by atoms with Crippen molar-refractivity contribution < 1.29 is 14.6 Å². The molecule has 0 aliphatic carbocycles. The Morgan fingerprint density at radius 3 is 2.74 bits per heavy atom. The van der Waals surface area contributed by atoms with Crippen molar-refractivity contribution in [1.82, 2.24) is 5.32 Å². The lowest BCUT2D eigenvalue weighted by Gasteiger charge is -2.10. The van der Waals surface area contributed by atoms with E-state index in [-0.39, 0.29) is 6.61 Å². The fraction of sp³-hybridized carbons (Fsp3) is 0.368. The average Bonchev–Trinajstić information content (AvgIpc) is 2.58. The minimum absolute atomic E-state index is 0.0697. The zero-order valence-corrected chi connectivity index (χ0v) is 13.6. The second kappa shape index (κ2) is 10.0. The number of benzene rings is 2. The predicted molar refractivity (Wildman–Crippen MR) is 91.6 cm³/mol. The Labute approximate surface area is 138 Å². The highest BCUT2D eigenvalue weighted by atomic mass is 16.5. The summed E-state index contributed by atoms with van der Waals surface area (Å²) in [6.45, 7) is 5.27. The van der Waals surface area contributed by atoms with Crippen LogP contribution in [-0.2, 0) is 17.9 Å². The van der Waals surface area contributed by atoms with E-state index < -0.39 is 0 Å². The summed E-state index contributed by atoms with van der Waals surface area (Å²) in [7, 11) is 0. The van der Waals surface area contributed by atoms with Crippen molar-refractivity contribution >= 4 is 0 Å². The molecule has 0 atom stereocenters. The van der Waals surface area contributed by atoms with Crippen molar-refractivity contribution in [2.75, 3.05) is 26.4 Å². The summed E-state index contributed by atoms with van der Waals surface area (Å²) in [4.78, 5) is 0. The first-order valence-electron chi connectivity index (χ1n) is 7.95. The third-order valence-electron chi connectivity index (χ3n) is 3.54. The van der Waals surface area contributed by atoms with Gasteiger partial charge in [-0.2, -0.15) is 0 Å². The van der Waals surface area contributed by atoms with Crippen LogP contribution in [0.4, 0.5) is 0 Å². The number of hydrogen-bond donors (Lipinski definition) is 2. The Bertz CT molecular complexity index is 586. The van der Waals surface area contributed by atoms with Crippen LogP contribution in [0.15, 0.2) is 48.5 Å². The fourth-order valence-electron chi connectivity index (χ4n) is 2.22. The lowest BCUT2D eigenvalue weighted by atomic mass is 10.1. The SMILES string of the molecule is Cc1ccccc1COc1cccc(CNCCOCCO)c1. The maximum atomic E-state index is 8.62. The molecule has 2 aromatic carbocycles. The van der Waals surface area contributed by atoms with Gasteiger partial charge in [0.25, 0.3) is 0 Å². The molecule has 0 saturated heterocycles. The normalized spacial score (nSPS) is 10.7. The molecule has 124 valence electrons. The number of aliphatic hydroxyl groups excluding tert-OH is 1. The molecule has 0 heterocycles. The molecule has 4 nitrogen and oxygen atoms in total. The Morgan fingerprint density at radius 2 is 1.91 bits per heavy atom. The number of aryl methyl sites for hydroxylation is 1. The van der Waals surface area contributed by atoms with Crippen molar-refractivity contribution in [1.29, 1.82) is 0 Å². The van der Waals surface area contributed by atoms with Crippen LogP contribution in [0.5, 0.6) is 5.75 Å². The van der Waals surface area contributed by atoms with E-state index in [9.17, 15) is 0 Å². The summed E-state index contributed by atoms with van der Waals surface area (Å²) < 4.78 is 11.1. The van der Waals surface area contributed by atoms with Crippen molar-refractivity contribution in [2.24, 2.45) is 0 Å². The lowest BCUT2D eigenvalue weighted by Crippen LogP contribution is -2.20. The first-order chi connectivity index (χ1) is 11.3. The van der Waals surface area contributed by atoms with Crippen molar-refractivity contribution in [3.63, 3.8) is 0 Å². The standard InChI is InChI=1S/C19H25NO3/c1-16-5-2-3-7-18(16)15-23-19-8-4-6-17(13-19)14-20-9-11-22-12-10-21/h2-8,13,20-21H,9-12,14-15H2,1H3. The minimum atomic E-state index is 0.0697. The van der Waals surface area contributed by atoms with E-state index in [1.54, 1.807) is 0 Å². The molecule has 2 rings (SSSR count). The maximum absolute atomic E-state index is 8.62. The van der Waals surface area contributed by atoms with Crippen molar-refractivity contribution in [3.8, 4) is 5.75 Å². The molecule has 0 radical (unpaired) electrons. The monoisotopic (exact) mass is 315 g/mol. The molecular weight excluding hydrogens is 290 g/mol. The summed E-state index contributed by atoms with van der Waals surface area (Å²) in [5.41, 5.74) is 3.62. The summed E-state index contributed by atoms with van der Waals surface area (Å²) in [5.74, 6) is 0.879. The Hall–Kier alpha value is -1.88. The van der Waals surface area contributed by atoms with Gasteiger partial charge in [0.1, 0.15) is 12.4 Å². The Morgan fingerprint density at radius 1 is 1.04 bits per heavy atom. The molecule has 0 bridgehead atoms. The van der Waals surface area contributed by atoms with Crippen LogP contribution in [0.25, 0.3) is 0 Å². The minimum Gasteiger partial charge on any atom is -0.489 e. The molecule has 2 N–H and O–H groups in total. The highest BCUT2D eigenvalue weighted by Gasteiger charge is 2.00. The zero-order chi connectivity index (χ0) is 16.3. The molecule has 0 aliphatic rings. The van der Waals surface area contributed by atoms with Gasteiger partial charge in [-0.05, 0) is 35.7 Å². The van der Waals surface area contributed by atoms with E-state index in [1.165, 1.54) is 16.7 Å². The second-order valence-corrected chi connectivity index (χ2v) is 5.38. The van der Waals surface area contributed by atoms with Crippen LogP contribution in [0, 0.1) is 6.92 Å². The van der Waals surface area contributed by atoms with Crippen LogP contribution in [0.3, 0.4) is 0 Å². The molecule has 2 aromatic rings. The number of ether oxygens (including phenoxy) is 2. The van der Waals surface area contributed by atoms with Crippen LogP contribution < -0.4 is 10.1 Å². The zero-order valence-electron chi connectivity index (χ0n) is 13.6. The molecular formula is C19H25NO3. The van der Waals surface area contributed by atoms with E-state index in [0.29, 0.717) is 19.8 Å². The van der Waals surface area contributed by atoms with E-state index in [0.717, 1.165) is 18.8 Å². The number of hydrogen-bond acceptors (Lipinski definition) is 4. The van der Waals surface area contributed by atoms with Gasteiger partial charge in [0.15, 0.2) is 0 Å².